The van der Waals surface area contributed by atoms with Crippen LogP contribution in [0.2, 0.25) is 0 Å². The number of nitrogens with one attached hydrogen (secondary N) is 2. The van der Waals surface area contributed by atoms with Crippen molar-refractivity contribution >= 4 is 39.9 Å². The molecule has 0 aromatic carbocycles. The van der Waals surface area contributed by atoms with Crippen molar-refractivity contribution in [2.24, 2.45) is 11.8 Å². The number of nitrogens with zero attached hydrogens (tertiary/aromatic N) is 3. The third-order valence-corrected chi connectivity index (χ3v) is 9.27. The number of aryl methyl sites for hydroxylation is 1. The van der Waals surface area contributed by atoms with Crippen LogP contribution in [-0.2, 0) is 27.1 Å². The number of ether oxygens (including phenoxy) is 2. The number of rotatable bonds is 10. The van der Waals surface area contributed by atoms with E-state index >= 15 is 0 Å². The monoisotopic (exact) mass is 556 g/mol. The zero-order chi connectivity index (χ0) is 26.9. The maximum absolute atomic E-state index is 13.3. The van der Waals surface area contributed by atoms with Gasteiger partial charge in [-0.1, -0.05) is 0 Å². The van der Waals surface area contributed by atoms with Crippen LogP contribution in [0.4, 0.5) is 10.8 Å². The van der Waals surface area contributed by atoms with Gasteiger partial charge in [-0.05, 0) is 56.4 Å². The Morgan fingerprint density at radius 2 is 1.95 bits per heavy atom. The van der Waals surface area contributed by atoms with E-state index in [9.17, 15) is 14.4 Å². The van der Waals surface area contributed by atoms with Gasteiger partial charge in [-0.3, -0.25) is 14.5 Å². The van der Waals surface area contributed by atoms with Crippen LogP contribution in [0.3, 0.4) is 0 Å². The largest absolute Gasteiger partial charge is 0.460 e. The quantitative estimate of drug-likeness (QED) is 0.379. The van der Waals surface area contributed by atoms with Crippen LogP contribution < -0.4 is 16.4 Å². The molecule has 1 aliphatic heterocycles. The Morgan fingerprint density at radius 1 is 1.15 bits per heavy atom. The molecule has 3 heterocycles. The number of amides is 2. The topological polar surface area (TPSA) is 141 Å². The van der Waals surface area contributed by atoms with Crippen LogP contribution in [0.5, 0.6) is 0 Å². The number of carbonyl (C=O) groups is 3. The Kier molecular flexibility index (Phi) is 7.59. The molecular formula is C27H36N6O5S. The van der Waals surface area contributed by atoms with Crippen LogP contribution in [0, 0.1) is 11.8 Å². The summed E-state index contributed by atoms with van der Waals surface area (Å²) in [6, 6.07) is -0.0588. The number of nitrogens with two attached hydrogens (primary N) is 1. The lowest BCUT2D eigenvalue weighted by Crippen LogP contribution is -2.38. The third-order valence-electron chi connectivity index (χ3n) is 8.06. The van der Waals surface area contributed by atoms with E-state index in [2.05, 4.69) is 20.5 Å². The van der Waals surface area contributed by atoms with Gasteiger partial charge in [0.15, 0.2) is 5.69 Å². The predicted molar refractivity (Wildman–Crippen MR) is 146 cm³/mol. The Balaban J connectivity index is 1.15. The molecule has 2 aromatic rings. The van der Waals surface area contributed by atoms with Crippen molar-refractivity contribution in [3.8, 4) is 0 Å². The van der Waals surface area contributed by atoms with Crippen molar-refractivity contribution in [1.29, 1.82) is 0 Å². The first kappa shape index (κ1) is 26.3. The fraction of sp³-hybridized carbons (Fsp3) is 0.630. The summed E-state index contributed by atoms with van der Waals surface area (Å²) in [5, 5.41) is 6.78. The molecular weight excluding hydrogens is 520 g/mol. The minimum Gasteiger partial charge on any atom is -0.460 e. The summed E-state index contributed by atoms with van der Waals surface area (Å²) in [6.07, 6.45) is 7.81. The number of fused-ring (bicyclic) bond motifs is 1. The lowest BCUT2D eigenvalue weighted by Gasteiger charge is -2.26. The Morgan fingerprint density at radius 3 is 2.69 bits per heavy atom. The number of hydrogen-bond acceptors (Lipinski definition) is 9. The summed E-state index contributed by atoms with van der Waals surface area (Å²) in [6.45, 7) is 4.61. The Hall–Kier alpha value is -2.96. The fourth-order valence-electron chi connectivity index (χ4n) is 5.32. The summed E-state index contributed by atoms with van der Waals surface area (Å²) < 4.78 is 12.6. The highest BCUT2D eigenvalue weighted by Crippen LogP contribution is 2.43. The number of aromatic nitrogens is 2. The molecule has 2 saturated carbocycles. The number of esters is 1. The molecule has 3 fully saturated rings. The second kappa shape index (κ2) is 11.3. The molecule has 1 atom stereocenters. The van der Waals surface area contributed by atoms with Gasteiger partial charge >= 0.3 is 5.97 Å². The van der Waals surface area contributed by atoms with Crippen molar-refractivity contribution in [3.63, 3.8) is 0 Å². The van der Waals surface area contributed by atoms with Gasteiger partial charge in [0.1, 0.15) is 17.4 Å². The average molecular weight is 557 g/mol. The molecule has 11 nitrogen and oxygen atoms in total. The first-order valence-electron chi connectivity index (χ1n) is 14.0. The van der Waals surface area contributed by atoms with Gasteiger partial charge in [-0.15, -0.1) is 11.3 Å². The van der Waals surface area contributed by atoms with Crippen molar-refractivity contribution < 1.29 is 23.9 Å². The van der Waals surface area contributed by atoms with E-state index in [0.29, 0.717) is 49.2 Å². The van der Waals surface area contributed by atoms with E-state index in [4.69, 9.17) is 15.2 Å². The molecule has 4 aliphatic rings. The minimum atomic E-state index is -0.531. The number of anilines is 2. The molecule has 2 aromatic heterocycles. The zero-order valence-electron chi connectivity index (χ0n) is 22.1. The summed E-state index contributed by atoms with van der Waals surface area (Å²) in [5.41, 5.74) is 8.06. The Bertz CT molecular complexity index is 1240. The number of morpholine rings is 1. The first-order chi connectivity index (χ1) is 19.0. The zero-order valence-corrected chi connectivity index (χ0v) is 22.9. The predicted octanol–water partition coefficient (Wildman–Crippen LogP) is 2.23. The van der Waals surface area contributed by atoms with Crippen LogP contribution in [0.25, 0.3) is 0 Å². The number of thiophene rings is 1. The SMILES string of the molecule is Nc1c(C(=O)OCCN2CCOCC2)ncn1[C@H]1CCc2sc(NC(=O)C3CC3)c(C(=O)NCC3CC3)c2C1. The average Bonchev–Trinajstić information content (AvgIpc) is 3.87. The molecule has 12 heteroatoms. The van der Waals surface area contributed by atoms with Crippen molar-refractivity contribution in [2.45, 2.75) is 51.0 Å². The van der Waals surface area contributed by atoms with Crippen LogP contribution in [0.1, 0.15) is 69.4 Å². The van der Waals surface area contributed by atoms with Gasteiger partial charge in [0, 0.05) is 43.0 Å². The van der Waals surface area contributed by atoms with E-state index in [1.165, 1.54) is 11.3 Å². The highest BCUT2D eigenvalue weighted by molar-refractivity contribution is 7.17. The molecule has 0 radical (unpaired) electrons. The molecule has 2 amide bonds. The van der Waals surface area contributed by atoms with Gasteiger partial charge in [0.2, 0.25) is 5.91 Å². The number of nitrogen functional groups attached to an aromatic ring is 1. The van der Waals surface area contributed by atoms with Gasteiger partial charge < -0.3 is 30.4 Å². The van der Waals surface area contributed by atoms with E-state index in [0.717, 1.165) is 62.1 Å². The molecule has 1 saturated heterocycles. The third kappa shape index (κ3) is 5.97. The van der Waals surface area contributed by atoms with Crippen LogP contribution >= 0.6 is 11.3 Å². The summed E-state index contributed by atoms with van der Waals surface area (Å²) in [5.74, 6) is 0.218. The van der Waals surface area contributed by atoms with Crippen molar-refractivity contribution in [1.82, 2.24) is 19.8 Å². The standard InChI is InChI=1S/C27H36N6O5S/c28-23-22(27(36)38-12-9-32-7-10-37-11-8-32)30-15-33(23)18-5-6-20-19(13-18)21(25(35)29-14-16-1-2-16)26(39-20)31-24(34)17-3-4-17/h15-18H,1-14,28H2,(H,29,35)(H,31,34)/t18-/m0/s1. The van der Waals surface area contributed by atoms with Gasteiger partial charge in [0.05, 0.1) is 25.1 Å². The van der Waals surface area contributed by atoms with E-state index in [1.54, 1.807) is 6.33 Å². The second-order valence-electron chi connectivity index (χ2n) is 11.0. The maximum Gasteiger partial charge on any atom is 0.360 e. The lowest BCUT2D eigenvalue weighted by molar-refractivity contribution is -0.117. The smallest absolute Gasteiger partial charge is 0.360 e. The van der Waals surface area contributed by atoms with Crippen molar-refractivity contribution in [2.75, 3.05) is 57.1 Å². The van der Waals surface area contributed by atoms with Gasteiger partial charge in [-0.25, -0.2) is 9.78 Å². The lowest BCUT2D eigenvalue weighted by atomic mass is 9.91. The molecule has 0 bridgehead atoms. The second-order valence-corrected chi connectivity index (χ2v) is 12.1. The Labute approximate surface area is 231 Å². The van der Waals surface area contributed by atoms with Crippen LogP contribution in [0.15, 0.2) is 6.33 Å². The van der Waals surface area contributed by atoms with Gasteiger partial charge in [-0.2, -0.15) is 0 Å². The first-order valence-corrected chi connectivity index (χ1v) is 14.8. The minimum absolute atomic E-state index is 0.00276. The molecule has 3 aliphatic carbocycles. The molecule has 39 heavy (non-hydrogen) atoms. The molecule has 0 spiro atoms. The fourth-order valence-corrected chi connectivity index (χ4v) is 6.56. The van der Waals surface area contributed by atoms with Crippen LogP contribution in [-0.4, -0.2) is 78.2 Å². The van der Waals surface area contributed by atoms with E-state index in [-0.39, 0.29) is 41.9 Å². The van der Waals surface area contributed by atoms with Gasteiger partial charge in [0.25, 0.3) is 5.91 Å². The molecule has 0 unspecified atom stereocenters. The number of hydrogen-bond donors (Lipinski definition) is 3. The molecule has 6 rings (SSSR count). The highest BCUT2D eigenvalue weighted by Gasteiger charge is 2.35. The summed E-state index contributed by atoms with van der Waals surface area (Å²) in [4.78, 5) is 46.3. The maximum atomic E-state index is 13.3. The molecule has 4 N–H and O–H groups in total. The van der Waals surface area contributed by atoms with Crippen molar-refractivity contribution in [3.05, 3.63) is 28.0 Å². The summed E-state index contributed by atoms with van der Waals surface area (Å²) >= 11 is 1.51. The molecule has 210 valence electrons. The number of carbonyl (C=O) groups excluding carboxylic acids is 3. The van der Waals surface area contributed by atoms with E-state index in [1.807, 2.05) is 4.57 Å². The number of imidazole rings is 1. The highest BCUT2D eigenvalue weighted by atomic mass is 32.1. The van der Waals surface area contributed by atoms with E-state index < -0.39 is 5.97 Å². The summed E-state index contributed by atoms with van der Waals surface area (Å²) in [7, 11) is 0. The normalized spacial score (nSPS) is 21.3.